The van der Waals surface area contributed by atoms with Crippen LogP contribution in [0.2, 0.25) is 0 Å². The number of nitrogens with one attached hydrogen (secondary N) is 2. The van der Waals surface area contributed by atoms with E-state index in [-0.39, 0.29) is 5.56 Å². The van der Waals surface area contributed by atoms with E-state index in [1.165, 1.54) is 6.33 Å². The number of fused-ring (bicyclic) bond motifs is 3. The molecule has 2 N–H and O–H groups in total. The molecule has 9 nitrogen and oxygen atoms in total. The number of aromatic amines is 1. The Kier molecular flexibility index (Phi) is 5.04. The van der Waals surface area contributed by atoms with Crippen molar-refractivity contribution in [3.05, 3.63) is 28.2 Å². The number of nitrogens with zero attached hydrogens (tertiary/aromatic N) is 5. The molecule has 1 fully saturated rings. The minimum Gasteiger partial charge on any atom is -0.379 e. The smallest absolute Gasteiger partial charge is 0.274 e. The fraction of sp³-hybridized carbons (Fsp3) is 0.556. The van der Waals surface area contributed by atoms with Crippen molar-refractivity contribution in [1.29, 1.82) is 0 Å². The maximum atomic E-state index is 12.6. The highest BCUT2D eigenvalue weighted by Crippen LogP contribution is 2.19. The molecule has 4 rings (SSSR count). The number of morpholine rings is 1. The summed E-state index contributed by atoms with van der Waals surface area (Å²) < 4.78 is 7.23. The molecule has 27 heavy (non-hydrogen) atoms. The predicted octanol–water partition coefficient (Wildman–Crippen LogP) is 0.971. The van der Waals surface area contributed by atoms with Gasteiger partial charge in [-0.2, -0.15) is 0 Å². The van der Waals surface area contributed by atoms with Crippen LogP contribution in [0.15, 0.2) is 11.1 Å². The average Bonchev–Trinajstić information content (AvgIpc) is 3.04. The first kappa shape index (κ1) is 17.9. The van der Waals surface area contributed by atoms with Gasteiger partial charge < -0.3 is 15.0 Å². The number of hydrogen-bond donors (Lipinski definition) is 2. The third-order valence-electron chi connectivity index (χ3n) is 4.98. The number of imidazole rings is 1. The van der Waals surface area contributed by atoms with Crippen LogP contribution in [0.3, 0.4) is 0 Å². The first-order chi connectivity index (χ1) is 13.2. The predicted molar refractivity (Wildman–Crippen MR) is 103 cm³/mol. The number of hydrogen-bond acceptors (Lipinski definition) is 7. The van der Waals surface area contributed by atoms with Crippen molar-refractivity contribution in [3.8, 4) is 0 Å². The fourth-order valence-electron chi connectivity index (χ4n) is 3.62. The van der Waals surface area contributed by atoms with Gasteiger partial charge in [-0.3, -0.25) is 14.1 Å². The summed E-state index contributed by atoms with van der Waals surface area (Å²) in [5, 5.41) is 3.35. The third-order valence-corrected chi connectivity index (χ3v) is 4.98. The number of aryl methyl sites for hydroxylation is 2. The lowest BCUT2D eigenvalue weighted by Crippen LogP contribution is -2.37. The van der Waals surface area contributed by atoms with E-state index in [4.69, 9.17) is 4.74 Å². The topological polar surface area (TPSA) is 100 Å². The molecule has 0 aromatic carbocycles. The van der Waals surface area contributed by atoms with Crippen LogP contribution >= 0.6 is 0 Å². The Balaban J connectivity index is 1.59. The molecule has 0 atom stereocenters. The SMILES string of the molecule is CCc1nc(C)c2c(=O)[nH]c3c(NCCCN4CCOCC4)ncnc3n12. The van der Waals surface area contributed by atoms with Crippen molar-refractivity contribution in [2.24, 2.45) is 0 Å². The maximum Gasteiger partial charge on any atom is 0.274 e. The second kappa shape index (κ2) is 7.61. The second-order valence-electron chi connectivity index (χ2n) is 6.76. The Bertz CT molecular complexity index is 1000. The molecule has 0 radical (unpaired) electrons. The number of ether oxygens (including phenoxy) is 1. The van der Waals surface area contributed by atoms with Crippen LogP contribution in [0, 0.1) is 6.92 Å². The number of rotatable bonds is 6. The summed E-state index contributed by atoms with van der Waals surface area (Å²) in [5.41, 5.74) is 2.39. The Morgan fingerprint density at radius 3 is 2.89 bits per heavy atom. The van der Waals surface area contributed by atoms with Crippen molar-refractivity contribution >= 4 is 22.5 Å². The second-order valence-corrected chi connectivity index (χ2v) is 6.76. The van der Waals surface area contributed by atoms with Crippen molar-refractivity contribution < 1.29 is 4.74 Å². The van der Waals surface area contributed by atoms with Crippen LogP contribution < -0.4 is 10.9 Å². The number of anilines is 1. The molecule has 0 spiro atoms. The lowest BCUT2D eigenvalue weighted by atomic mass is 10.3. The van der Waals surface area contributed by atoms with Gasteiger partial charge in [0.25, 0.3) is 5.56 Å². The van der Waals surface area contributed by atoms with Gasteiger partial charge in [0.15, 0.2) is 11.5 Å². The molecule has 144 valence electrons. The zero-order valence-corrected chi connectivity index (χ0v) is 15.8. The molecule has 0 bridgehead atoms. The molecule has 4 heterocycles. The van der Waals surface area contributed by atoms with E-state index in [1.807, 2.05) is 18.2 Å². The summed E-state index contributed by atoms with van der Waals surface area (Å²) >= 11 is 0. The minimum absolute atomic E-state index is 0.168. The first-order valence-corrected chi connectivity index (χ1v) is 9.48. The number of aromatic nitrogens is 5. The zero-order chi connectivity index (χ0) is 18.8. The lowest BCUT2D eigenvalue weighted by Gasteiger charge is -2.26. The molecule has 9 heteroatoms. The van der Waals surface area contributed by atoms with Crippen LogP contribution in [0.5, 0.6) is 0 Å². The van der Waals surface area contributed by atoms with Gasteiger partial charge >= 0.3 is 0 Å². The summed E-state index contributed by atoms with van der Waals surface area (Å²) in [4.78, 5) is 31.2. The van der Waals surface area contributed by atoms with Gasteiger partial charge in [0.05, 0.1) is 18.9 Å². The fourth-order valence-corrected chi connectivity index (χ4v) is 3.62. The van der Waals surface area contributed by atoms with Crippen molar-refractivity contribution in [3.63, 3.8) is 0 Å². The van der Waals surface area contributed by atoms with E-state index in [0.29, 0.717) is 28.2 Å². The summed E-state index contributed by atoms with van der Waals surface area (Å²) in [6.07, 6.45) is 3.24. The molecular weight excluding hydrogens is 346 g/mol. The van der Waals surface area contributed by atoms with E-state index in [9.17, 15) is 4.79 Å². The highest BCUT2D eigenvalue weighted by Gasteiger charge is 2.17. The van der Waals surface area contributed by atoms with Gasteiger partial charge in [0, 0.05) is 26.1 Å². The van der Waals surface area contributed by atoms with Gasteiger partial charge in [0.1, 0.15) is 23.2 Å². The molecular formula is C18H25N7O2. The van der Waals surface area contributed by atoms with Crippen LogP contribution in [-0.4, -0.2) is 68.6 Å². The highest BCUT2D eigenvalue weighted by atomic mass is 16.5. The van der Waals surface area contributed by atoms with Crippen LogP contribution in [0.25, 0.3) is 16.7 Å². The van der Waals surface area contributed by atoms with Gasteiger partial charge in [-0.05, 0) is 19.9 Å². The lowest BCUT2D eigenvalue weighted by molar-refractivity contribution is 0.0378. The average molecular weight is 371 g/mol. The molecule has 0 aliphatic carbocycles. The first-order valence-electron chi connectivity index (χ1n) is 9.48. The molecule has 1 aliphatic rings. The van der Waals surface area contributed by atoms with Gasteiger partial charge in [-0.25, -0.2) is 15.0 Å². The van der Waals surface area contributed by atoms with Crippen molar-refractivity contribution in [2.45, 2.75) is 26.7 Å². The molecule has 0 amide bonds. The van der Waals surface area contributed by atoms with Gasteiger partial charge in [-0.1, -0.05) is 6.92 Å². The van der Waals surface area contributed by atoms with Crippen LogP contribution in [-0.2, 0) is 11.2 Å². The quantitative estimate of drug-likeness (QED) is 0.623. The summed E-state index contributed by atoms with van der Waals surface area (Å²) in [5.74, 6) is 1.48. The summed E-state index contributed by atoms with van der Waals surface area (Å²) in [6, 6.07) is 0. The molecule has 0 saturated carbocycles. The molecule has 3 aromatic heterocycles. The third kappa shape index (κ3) is 3.40. The molecule has 1 saturated heterocycles. The minimum atomic E-state index is -0.168. The maximum absolute atomic E-state index is 12.6. The van der Waals surface area contributed by atoms with Crippen LogP contribution in [0.1, 0.15) is 24.9 Å². The zero-order valence-electron chi connectivity index (χ0n) is 15.8. The van der Waals surface area contributed by atoms with Crippen molar-refractivity contribution in [1.82, 2.24) is 29.2 Å². The largest absolute Gasteiger partial charge is 0.379 e. The highest BCUT2D eigenvalue weighted by molar-refractivity contribution is 5.84. The van der Waals surface area contributed by atoms with E-state index in [1.54, 1.807) is 0 Å². The van der Waals surface area contributed by atoms with E-state index in [0.717, 1.165) is 58.1 Å². The van der Waals surface area contributed by atoms with E-state index >= 15 is 0 Å². The van der Waals surface area contributed by atoms with E-state index < -0.39 is 0 Å². The molecule has 1 aliphatic heterocycles. The Labute approximate surface area is 156 Å². The van der Waals surface area contributed by atoms with Gasteiger partial charge in [-0.15, -0.1) is 0 Å². The van der Waals surface area contributed by atoms with Gasteiger partial charge in [0.2, 0.25) is 0 Å². The summed E-state index contributed by atoms with van der Waals surface area (Å²) in [6.45, 7) is 9.25. The van der Waals surface area contributed by atoms with E-state index in [2.05, 4.69) is 30.2 Å². The Hall–Kier alpha value is -2.52. The standard InChI is InChI=1S/C18H25N7O2/c1-3-13-22-12(2)15-18(26)23-14-16(20-11-21-17(14)25(13)15)19-5-4-6-24-7-9-27-10-8-24/h11H,3-10H2,1-2H3,(H,23,26)(H,19,20,21). The summed E-state index contributed by atoms with van der Waals surface area (Å²) in [7, 11) is 0. The molecule has 3 aromatic rings. The number of H-pyrrole nitrogens is 1. The monoisotopic (exact) mass is 371 g/mol. The van der Waals surface area contributed by atoms with Crippen molar-refractivity contribution in [2.75, 3.05) is 44.7 Å². The Morgan fingerprint density at radius 1 is 1.30 bits per heavy atom. The normalized spacial score (nSPS) is 15.6. The Morgan fingerprint density at radius 2 is 2.11 bits per heavy atom. The molecule has 0 unspecified atom stereocenters. The van der Waals surface area contributed by atoms with Crippen LogP contribution in [0.4, 0.5) is 5.82 Å².